The lowest BCUT2D eigenvalue weighted by atomic mass is 9.97. The van der Waals surface area contributed by atoms with E-state index in [-0.39, 0.29) is 23.6 Å². The number of methoxy groups -OCH3 is 1. The number of β-lactam (4-membered cyclic amide) rings is 1. The number of carbonyl (C=O) groups is 5. The first kappa shape index (κ1) is 27.7. The maximum absolute atomic E-state index is 13.4. The van der Waals surface area contributed by atoms with Gasteiger partial charge in [0, 0.05) is 30.2 Å². The van der Waals surface area contributed by atoms with Gasteiger partial charge in [-0.2, -0.15) is 0 Å². The SMILES string of the molecule is CO[C@]1(NC(=O)C(NC(=O)Nn2cc(O)[nH]c2=O)c2cccs2)C(=O)N2C(C(=O)O)=C(COC(C)=O)CSC21. The first-order chi connectivity index (χ1) is 18.5. The number of nitrogens with zero attached hydrogens (tertiary/aromatic N) is 2. The summed E-state index contributed by atoms with van der Waals surface area (Å²) in [6.07, 6.45) is 0.910. The van der Waals surface area contributed by atoms with Crippen molar-refractivity contribution >= 4 is 52.9 Å². The van der Waals surface area contributed by atoms with Crippen LogP contribution in [0.3, 0.4) is 0 Å². The van der Waals surface area contributed by atoms with Gasteiger partial charge in [0.05, 0.1) is 6.20 Å². The molecule has 0 aliphatic carbocycles. The van der Waals surface area contributed by atoms with Crippen molar-refractivity contribution in [3.05, 3.63) is 50.3 Å². The number of nitrogens with one attached hydrogen (secondary N) is 4. The van der Waals surface area contributed by atoms with Gasteiger partial charge in [0.1, 0.15) is 23.7 Å². The van der Waals surface area contributed by atoms with E-state index in [4.69, 9.17) is 9.47 Å². The summed E-state index contributed by atoms with van der Waals surface area (Å²) >= 11 is 2.21. The highest BCUT2D eigenvalue weighted by Gasteiger charge is 2.67. The van der Waals surface area contributed by atoms with E-state index in [9.17, 15) is 39.0 Å². The number of carboxylic acid groups (broad SMARTS) is 1. The molecule has 6 N–H and O–H groups in total. The van der Waals surface area contributed by atoms with Crippen molar-refractivity contribution in [3.8, 4) is 5.88 Å². The van der Waals surface area contributed by atoms with Crippen LogP contribution in [0.5, 0.6) is 5.88 Å². The second-order valence-electron chi connectivity index (χ2n) is 8.15. The molecule has 0 aromatic carbocycles. The van der Waals surface area contributed by atoms with Gasteiger partial charge in [-0.05, 0) is 11.4 Å². The van der Waals surface area contributed by atoms with E-state index in [0.717, 1.165) is 34.2 Å². The molecule has 0 spiro atoms. The van der Waals surface area contributed by atoms with Gasteiger partial charge in [0.2, 0.25) is 5.88 Å². The Balaban J connectivity index is 1.56. The number of rotatable bonds is 9. The largest absolute Gasteiger partial charge is 0.493 e. The fraction of sp³-hybridized carbons (Fsp3) is 0.333. The Labute approximate surface area is 226 Å². The zero-order valence-electron chi connectivity index (χ0n) is 20.2. The molecule has 2 unspecified atom stereocenters. The lowest BCUT2D eigenvalue weighted by molar-refractivity contribution is -0.193. The molecular formula is C21H22N6O10S2. The number of esters is 1. The summed E-state index contributed by atoms with van der Waals surface area (Å²) < 4.78 is 11.0. The monoisotopic (exact) mass is 582 g/mol. The molecule has 3 atom stereocenters. The van der Waals surface area contributed by atoms with E-state index >= 15 is 0 Å². The summed E-state index contributed by atoms with van der Waals surface area (Å²) in [5.74, 6) is -4.22. The number of imidazole rings is 1. The first-order valence-corrected chi connectivity index (χ1v) is 12.9. The molecule has 2 aromatic rings. The minimum Gasteiger partial charge on any atom is -0.493 e. The Morgan fingerprint density at radius 3 is 2.62 bits per heavy atom. The quantitative estimate of drug-likeness (QED) is 0.122. The molecule has 16 nitrogen and oxygen atoms in total. The van der Waals surface area contributed by atoms with Gasteiger partial charge in [-0.1, -0.05) is 6.07 Å². The van der Waals surface area contributed by atoms with Gasteiger partial charge < -0.3 is 30.3 Å². The number of ether oxygens (including phenoxy) is 2. The lowest BCUT2D eigenvalue weighted by Gasteiger charge is -2.55. The standard InChI is InChI=1S/C21H22N6O10S2/c1-9(28)37-7-10-8-39-18-21(36-2,17(33)27(18)14(10)16(31)32)24-15(30)13(11-4-3-5-38-11)23-19(34)25-26-6-12(29)22-20(26)35/h3-6,13,18,29H,7-8H2,1-2H3,(H,22,35)(H,24,30)(H,31,32)(H2,23,25,34)/t13?,18?,21-/m1/s1. The van der Waals surface area contributed by atoms with Crippen molar-refractivity contribution in [2.75, 3.05) is 24.9 Å². The highest BCUT2D eigenvalue weighted by atomic mass is 32.2. The van der Waals surface area contributed by atoms with Crippen LogP contribution in [0, 0.1) is 0 Å². The fourth-order valence-electron chi connectivity index (χ4n) is 3.96. The van der Waals surface area contributed by atoms with Crippen molar-refractivity contribution in [3.63, 3.8) is 0 Å². The van der Waals surface area contributed by atoms with Gasteiger partial charge in [0.25, 0.3) is 17.5 Å². The zero-order chi connectivity index (χ0) is 28.5. The van der Waals surface area contributed by atoms with Gasteiger partial charge in [0.15, 0.2) is 0 Å². The first-order valence-electron chi connectivity index (χ1n) is 11.0. The average molecular weight is 583 g/mol. The van der Waals surface area contributed by atoms with Crippen molar-refractivity contribution < 1.29 is 43.7 Å². The summed E-state index contributed by atoms with van der Waals surface area (Å²) in [6.45, 7) is 0.840. The second kappa shape index (κ2) is 10.8. The van der Waals surface area contributed by atoms with Gasteiger partial charge in [-0.15, -0.1) is 23.1 Å². The number of fused-ring (bicyclic) bond motifs is 1. The number of aromatic amines is 1. The maximum atomic E-state index is 13.4. The summed E-state index contributed by atoms with van der Waals surface area (Å²) in [5, 5.41) is 24.7. The summed E-state index contributed by atoms with van der Waals surface area (Å²) in [6, 6.07) is 0.836. The number of hydrogen-bond donors (Lipinski definition) is 6. The Hall–Kier alpha value is -4.29. The Morgan fingerprint density at radius 1 is 1.31 bits per heavy atom. The van der Waals surface area contributed by atoms with E-state index in [1.54, 1.807) is 17.5 Å². The Bertz CT molecular complexity index is 1420. The van der Waals surface area contributed by atoms with Crippen LogP contribution < -0.4 is 21.7 Å². The number of urea groups is 1. The van der Waals surface area contributed by atoms with Crippen molar-refractivity contribution in [2.45, 2.75) is 24.1 Å². The van der Waals surface area contributed by atoms with Crippen molar-refractivity contribution in [1.29, 1.82) is 0 Å². The highest BCUT2D eigenvalue weighted by molar-refractivity contribution is 8.00. The number of H-pyrrole nitrogens is 1. The number of hydrogen-bond acceptors (Lipinski definition) is 11. The van der Waals surface area contributed by atoms with Crippen LogP contribution in [0.15, 0.2) is 39.8 Å². The molecule has 0 radical (unpaired) electrons. The number of carbonyl (C=O) groups excluding carboxylic acids is 4. The second-order valence-corrected chi connectivity index (χ2v) is 10.2. The summed E-state index contributed by atoms with van der Waals surface area (Å²) in [4.78, 5) is 77.6. The molecule has 0 bridgehead atoms. The molecule has 208 valence electrons. The third-order valence-electron chi connectivity index (χ3n) is 5.69. The number of aromatic nitrogens is 2. The summed E-state index contributed by atoms with van der Waals surface area (Å²) in [5.41, 5.74) is -0.838. The Morgan fingerprint density at radius 2 is 2.05 bits per heavy atom. The number of aliphatic carboxylic acids is 1. The molecular weight excluding hydrogens is 560 g/mol. The molecule has 2 aliphatic heterocycles. The smallest absolute Gasteiger partial charge is 0.352 e. The topological polar surface area (TPSA) is 221 Å². The van der Waals surface area contributed by atoms with E-state index in [0.29, 0.717) is 9.55 Å². The third kappa shape index (κ3) is 5.20. The van der Waals surface area contributed by atoms with E-state index in [1.165, 1.54) is 14.0 Å². The summed E-state index contributed by atoms with van der Waals surface area (Å²) in [7, 11) is 1.17. The molecule has 4 heterocycles. The number of thiophene rings is 1. The van der Waals surface area contributed by atoms with Gasteiger partial charge in [-0.25, -0.2) is 24.5 Å². The van der Waals surface area contributed by atoms with Gasteiger partial charge in [-0.3, -0.25) is 24.3 Å². The van der Waals surface area contributed by atoms with E-state index < -0.39 is 58.5 Å². The van der Waals surface area contributed by atoms with Crippen LogP contribution in [0.4, 0.5) is 4.79 Å². The number of thioether (sulfide) groups is 1. The van der Waals surface area contributed by atoms with Crippen LogP contribution >= 0.6 is 23.1 Å². The lowest BCUT2D eigenvalue weighted by Crippen LogP contribution is -2.81. The van der Waals surface area contributed by atoms with Crippen LogP contribution in [0.1, 0.15) is 17.8 Å². The molecule has 4 rings (SSSR count). The average Bonchev–Trinajstić information content (AvgIpc) is 3.52. The fourth-order valence-corrected chi connectivity index (χ4v) is 6.15. The predicted octanol–water partition coefficient (Wildman–Crippen LogP) is -0.786. The molecule has 0 saturated carbocycles. The molecule has 2 aliphatic rings. The van der Waals surface area contributed by atoms with Crippen LogP contribution in [0.25, 0.3) is 0 Å². The predicted molar refractivity (Wildman–Crippen MR) is 134 cm³/mol. The minimum atomic E-state index is -1.97. The van der Waals surface area contributed by atoms with Gasteiger partial charge >= 0.3 is 23.7 Å². The molecule has 4 amide bonds. The molecule has 1 saturated heterocycles. The van der Waals surface area contributed by atoms with Crippen molar-refractivity contribution in [1.82, 2.24) is 25.2 Å². The number of amides is 4. The zero-order valence-corrected chi connectivity index (χ0v) is 21.9. The molecule has 2 aromatic heterocycles. The third-order valence-corrected chi connectivity index (χ3v) is 8.00. The van der Waals surface area contributed by atoms with Crippen LogP contribution in [-0.2, 0) is 28.7 Å². The van der Waals surface area contributed by atoms with Crippen molar-refractivity contribution in [2.24, 2.45) is 0 Å². The number of carboxylic acids is 1. The normalized spacial score (nSPS) is 20.9. The van der Waals surface area contributed by atoms with Crippen LogP contribution in [-0.4, -0.2) is 85.1 Å². The minimum absolute atomic E-state index is 0.0671. The van der Waals surface area contributed by atoms with E-state index in [2.05, 4.69) is 16.1 Å². The maximum Gasteiger partial charge on any atom is 0.352 e. The molecule has 18 heteroatoms. The number of aromatic hydroxyl groups is 1. The highest BCUT2D eigenvalue weighted by Crippen LogP contribution is 2.46. The Kier molecular flexibility index (Phi) is 7.70. The molecule has 39 heavy (non-hydrogen) atoms. The van der Waals surface area contributed by atoms with Crippen LogP contribution in [0.2, 0.25) is 0 Å². The molecule has 1 fully saturated rings. The van der Waals surface area contributed by atoms with E-state index in [1.807, 2.05) is 4.98 Å².